The number of carbonyl (C=O) groups excluding carboxylic acids is 2. The molecule has 0 atom stereocenters. The van der Waals surface area contributed by atoms with Crippen molar-refractivity contribution in [3.05, 3.63) is 40.3 Å². The van der Waals surface area contributed by atoms with Crippen molar-refractivity contribution in [1.82, 2.24) is 15.3 Å². The van der Waals surface area contributed by atoms with Crippen molar-refractivity contribution < 1.29 is 14.3 Å². The number of para-hydroxylation sites is 2. The van der Waals surface area contributed by atoms with Gasteiger partial charge in [-0.3, -0.25) is 14.4 Å². The van der Waals surface area contributed by atoms with Crippen LogP contribution in [0.1, 0.15) is 23.8 Å². The van der Waals surface area contributed by atoms with Gasteiger partial charge in [0.2, 0.25) is 0 Å². The highest BCUT2D eigenvalue weighted by Gasteiger charge is 2.13. The zero-order valence-electron chi connectivity index (χ0n) is 12.2. The smallest absolute Gasteiger partial charge is 0.280 e. The van der Waals surface area contributed by atoms with Gasteiger partial charge in [0.15, 0.2) is 5.69 Å². The normalized spacial score (nSPS) is 10.6. The number of hydrogen-bond donors (Lipinski definition) is 2. The molecule has 7 nitrogen and oxygen atoms in total. The summed E-state index contributed by atoms with van der Waals surface area (Å²) in [7, 11) is 0. The van der Waals surface area contributed by atoms with Crippen LogP contribution in [0.25, 0.3) is 11.0 Å². The molecule has 0 saturated heterocycles. The number of nitrogens with zero attached hydrogens (tertiary/aromatic N) is 1. The molecule has 0 saturated carbocycles. The Bertz CT molecular complexity index is 739. The van der Waals surface area contributed by atoms with E-state index in [0.717, 1.165) is 0 Å². The molecule has 2 aromatic rings. The molecule has 0 aliphatic rings. The lowest BCUT2D eigenvalue weighted by atomic mass is 10.3. The van der Waals surface area contributed by atoms with Crippen LogP contribution in [0.4, 0.5) is 0 Å². The minimum absolute atomic E-state index is 0.0518. The molecule has 1 aromatic heterocycles. The van der Waals surface area contributed by atoms with Gasteiger partial charge in [0, 0.05) is 13.0 Å². The molecule has 1 aromatic carbocycles. The van der Waals surface area contributed by atoms with Crippen LogP contribution in [0.2, 0.25) is 0 Å². The number of amides is 1. The average Bonchev–Trinajstić information content (AvgIpc) is 2.49. The van der Waals surface area contributed by atoms with Gasteiger partial charge in [-0.15, -0.1) is 0 Å². The van der Waals surface area contributed by atoms with Gasteiger partial charge in [-0.2, -0.15) is 0 Å². The van der Waals surface area contributed by atoms with Crippen LogP contribution in [0.5, 0.6) is 0 Å². The fourth-order valence-electron chi connectivity index (χ4n) is 1.82. The maximum Gasteiger partial charge on any atom is 0.280 e. The molecule has 7 heteroatoms. The van der Waals surface area contributed by atoms with Crippen molar-refractivity contribution in [2.75, 3.05) is 19.8 Å². The number of carbonyl (C=O) groups is 2. The molecular weight excluding hydrogens is 286 g/mol. The Morgan fingerprint density at radius 2 is 2.05 bits per heavy atom. The number of ketones is 1. The zero-order chi connectivity index (χ0) is 15.9. The van der Waals surface area contributed by atoms with Crippen molar-refractivity contribution in [2.45, 2.75) is 13.3 Å². The molecule has 0 bridgehead atoms. The molecule has 0 spiro atoms. The predicted octanol–water partition coefficient (Wildman–Crippen LogP) is 0.649. The van der Waals surface area contributed by atoms with E-state index in [9.17, 15) is 14.4 Å². The highest BCUT2D eigenvalue weighted by molar-refractivity contribution is 5.93. The maximum absolute atomic E-state index is 11.9. The van der Waals surface area contributed by atoms with Gasteiger partial charge in [-0.05, 0) is 19.1 Å². The Morgan fingerprint density at radius 3 is 2.82 bits per heavy atom. The SMILES string of the molecule is CC(=O)CCOCCNC(=O)c1nc2ccccc2[nH]c1=O. The predicted molar refractivity (Wildman–Crippen MR) is 80.8 cm³/mol. The van der Waals surface area contributed by atoms with Crippen LogP contribution >= 0.6 is 0 Å². The fourth-order valence-corrected chi connectivity index (χ4v) is 1.82. The summed E-state index contributed by atoms with van der Waals surface area (Å²) in [5, 5.41) is 2.56. The van der Waals surface area contributed by atoms with Gasteiger partial charge in [0.1, 0.15) is 5.78 Å². The first-order valence-electron chi connectivity index (χ1n) is 6.92. The van der Waals surface area contributed by atoms with Crippen molar-refractivity contribution in [1.29, 1.82) is 0 Å². The van der Waals surface area contributed by atoms with Crippen LogP contribution in [-0.4, -0.2) is 41.4 Å². The number of hydrogen-bond acceptors (Lipinski definition) is 5. The summed E-state index contributed by atoms with van der Waals surface area (Å²) in [6, 6.07) is 6.98. The van der Waals surface area contributed by atoms with Gasteiger partial charge in [-0.1, -0.05) is 12.1 Å². The Labute approximate surface area is 126 Å². The molecule has 116 valence electrons. The topological polar surface area (TPSA) is 101 Å². The lowest BCUT2D eigenvalue weighted by molar-refractivity contribution is -0.118. The van der Waals surface area contributed by atoms with E-state index in [4.69, 9.17) is 4.74 Å². The van der Waals surface area contributed by atoms with Crippen LogP contribution in [0, 0.1) is 0 Å². The van der Waals surface area contributed by atoms with Crippen LogP contribution in [-0.2, 0) is 9.53 Å². The van der Waals surface area contributed by atoms with Gasteiger partial charge in [0.25, 0.3) is 11.5 Å². The third-order valence-electron chi connectivity index (χ3n) is 2.95. The van der Waals surface area contributed by atoms with Crippen molar-refractivity contribution in [3.63, 3.8) is 0 Å². The minimum atomic E-state index is -0.554. The number of rotatable bonds is 7. The summed E-state index contributed by atoms with van der Waals surface area (Å²) in [6.45, 7) is 2.32. The monoisotopic (exact) mass is 303 g/mol. The van der Waals surface area contributed by atoms with E-state index in [2.05, 4.69) is 15.3 Å². The highest BCUT2D eigenvalue weighted by Crippen LogP contribution is 2.05. The quantitative estimate of drug-likeness (QED) is 0.731. The van der Waals surface area contributed by atoms with E-state index >= 15 is 0 Å². The summed E-state index contributed by atoms with van der Waals surface area (Å²) in [5.74, 6) is -0.502. The minimum Gasteiger partial charge on any atom is -0.379 e. The van der Waals surface area contributed by atoms with E-state index in [0.29, 0.717) is 24.1 Å². The second-order valence-electron chi connectivity index (χ2n) is 4.75. The van der Waals surface area contributed by atoms with Crippen molar-refractivity contribution in [3.8, 4) is 0 Å². The first-order valence-corrected chi connectivity index (χ1v) is 6.92. The molecule has 0 aliphatic carbocycles. The van der Waals surface area contributed by atoms with Crippen molar-refractivity contribution in [2.24, 2.45) is 0 Å². The van der Waals surface area contributed by atoms with Crippen LogP contribution in [0.15, 0.2) is 29.1 Å². The van der Waals surface area contributed by atoms with Gasteiger partial charge < -0.3 is 15.0 Å². The summed E-state index contributed by atoms with van der Waals surface area (Å²) in [6.07, 6.45) is 0.347. The number of aromatic amines is 1. The van der Waals surface area contributed by atoms with Gasteiger partial charge in [-0.25, -0.2) is 4.98 Å². The third-order valence-corrected chi connectivity index (χ3v) is 2.95. The highest BCUT2D eigenvalue weighted by atomic mass is 16.5. The fraction of sp³-hybridized carbons (Fsp3) is 0.333. The lowest BCUT2D eigenvalue weighted by Gasteiger charge is -2.06. The second kappa shape index (κ2) is 7.46. The molecule has 0 aliphatic heterocycles. The maximum atomic E-state index is 11.9. The number of benzene rings is 1. The van der Waals surface area contributed by atoms with Gasteiger partial charge >= 0.3 is 0 Å². The summed E-state index contributed by atoms with van der Waals surface area (Å²) < 4.78 is 5.19. The van der Waals surface area contributed by atoms with Crippen LogP contribution < -0.4 is 10.9 Å². The molecule has 22 heavy (non-hydrogen) atoms. The van der Waals surface area contributed by atoms with E-state index in [1.807, 2.05) is 0 Å². The number of nitrogens with one attached hydrogen (secondary N) is 2. The standard InChI is InChI=1S/C15H17N3O4/c1-10(19)6-8-22-9-7-16-14(20)13-15(21)18-12-5-3-2-4-11(12)17-13/h2-5H,6-9H2,1H3,(H,16,20)(H,18,21). The van der Waals surface area contributed by atoms with E-state index in [1.165, 1.54) is 6.92 Å². The summed E-state index contributed by atoms with van der Waals surface area (Å²) in [5.41, 5.74) is 0.415. The molecule has 0 fully saturated rings. The molecule has 2 N–H and O–H groups in total. The van der Waals surface area contributed by atoms with Gasteiger partial charge in [0.05, 0.1) is 24.2 Å². The second-order valence-corrected chi connectivity index (χ2v) is 4.75. The third kappa shape index (κ3) is 4.23. The Kier molecular flexibility index (Phi) is 5.37. The molecule has 1 amide bonds. The molecular formula is C15H17N3O4. The van der Waals surface area contributed by atoms with Crippen molar-refractivity contribution >= 4 is 22.7 Å². The molecule has 0 unspecified atom stereocenters. The van der Waals surface area contributed by atoms with E-state index in [1.54, 1.807) is 24.3 Å². The van der Waals surface area contributed by atoms with E-state index < -0.39 is 11.5 Å². The molecule has 0 radical (unpaired) electrons. The zero-order valence-corrected chi connectivity index (χ0v) is 12.2. The number of ether oxygens (including phenoxy) is 1. The number of aromatic nitrogens is 2. The molecule has 2 rings (SSSR count). The first-order chi connectivity index (χ1) is 10.6. The Hall–Kier alpha value is -2.54. The van der Waals surface area contributed by atoms with Crippen LogP contribution in [0.3, 0.4) is 0 Å². The number of fused-ring (bicyclic) bond motifs is 1. The average molecular weight is 303 g/mol. The summed E-state index contributed by atoms with van der Waals surface area (Å²) >= 11 is 0. The largest absolute Gasteiger partial charge is 0.379 e. The Morgan fingerprint density at radius 1 is 1.27 bits per heavy atom. The van der Waals surface area contributed by atoms with E-state index in [-0.39, 0.29) is 24.6 Å². The lowest BCUT2D eigenvalue weighted by Crippen LogP contribution is -2.33. The number of Topliss-reactive ketones (excluding diaryl/α,β-unsaturated/α-hetero) is 1. The Balaban J connectivity index is 1.91. The number of H-pyrrole nitrogens is 1. The first kappa shape index (κ1) is 15.8. The summed E-state index contributed by atoms with van der Waals surface area (Å²) in [4.78, 5) is 41.2. The molecule has 1 heterocycles.